The van der Waals surface area contributed by atoms with Gasteiger partial charge in [-0.3, -0.25) is 0 Å². The van der Waals surface area contributed by atoms with Crippen molar-refractivity contribution in [3.8, 4) is 12.0 Å². The Morgan fingerprint density at radius 1 is 1.00 bits per heavy atom. The molecule has 1 heterocycles. The molecule has 0 spiro atoms. The lowest BCUT2D eigenvalue weighted by Crippen LogP contribution is -1.98. The van der Waals surface area contributed by atoms with E-state index in [1.807, 2.05) is 30.3 Å². The molecule has 0 saturated heterocycles. The summed E-state index contributed by atoms with van der Waals surface area (Å²) in [6.45, 7) is 0. The standard InChI is InChI=1S/C6H5Cl.C5H6N4O4S/c7-6-4-2-1-3-5-6;1-12-4-6-3(9-14(10)11)7-5(8-4)13-2/h1-5H;1-2H3. The fraction of sp³-hybridized carbons (Fsp3) is 0.182. The molecule has 0 aliphatic carbocycles. The summed E-state index contributed by atoms with van der Waals surface area (Å²) in [6.07, 6.45) is 0. The van der Waals surface area contributed by atoms with Crippen molar-refractivity contribution < 1.29 is 17.9 Å². The van der Waals surface area contributed by atoms with E-state index in [9.17, 15) is 8.42 Å². The molecule has 8 nitrogen and oxygen atoms in total. The minimum atomic E-state index is -2.63. The first kappa shape index (κ1) is 16.8. The van der Waals surface area contributed by atoms with Gasteiger partial charge in [0, 0.05) is 5.02 Å². The summed E-state index contributed by atoms with van der Waals surface area (Å²) < 4.78 is 32.9. The number of halogens is 1. The maximum atomic E-state index is 10.2. The lowest BCUT2D eigenvalue weighted by Gasteiger charge is -1.99. The molecule has 0 atom stereocenters. The van der Waals surface area contributed by atoms with E-state index in [4.69, 9.17) is 11.6 Å². The lowest BCUT2D eigenvalue weighted by atomic mass is 10.4. The third-order valence-corrected chi connectivity index (χ3v) is 2.40. The van der Waals surface area contributed by atoms with Crippen molar-refractivity contribution in [3.05, 3.63) is 35.4 Å². The van der Waals surface area contributed by atoms with Crippen LogP contribution in [0.3, 0.4) is 0 Å². The van der Waals surface area contributed by atoms with Crippen LogP contribution in [0.4, 0.5) is 5.95 Å². The number of methoxy groups -OCH3 is 2. The highest BCUT2D eigenvalue weighted by Gasteiger charge is 2.05. The van der Waals surface area contributed by atoms with Crippen molar-refractivity contribution in [2.45, 2.75) is 0 Å². The molecule has 2 aromatic rings. The van der Waals surface area contributed by atoms with Gasteiger partial charge in [-0.05, 0) is 12.1 Å². The first-order valence-corrected chi connectivity index (χ1v) is 6.82. The molecule has 1 aromatic carbocycles. The Bertz CT molecular complexity index is 679. The summed E-state index contributed by atoms with van der Waals surface area (Å²) in [7, 11) is 0.0263. The van der Waals surface area contributed by atoms with Crippen LogP contribution in [0.1, 0.15) is 0 Å². The van der Waals surface area contributed by atoms with E-state index in [1.54, 1.807) is 0 Å². The quantitative estimate of drug-likeness (QED) is 0.846. The smallest absolute Gasteiger partial charge is 0.324 e. The van der Waals surface area contributed by atoms with Crippen LogP contribution < -0.4 is 9.47 Å². The third kappa shape index (κ3) is 6.63. The van der Waals surface area contributed by atoms with Crippen LogP contribution in [0.25, 0.3) is 0 Å². The minimum Gasteiger partial charge on any atom is -0.467 e. The van der Waals surface area contributed by atoms with Crippen LogP contribution in [-0.2, 0) is 10.5 Å². The molecule has 112 valence electrons. The van der Waals surface area contributed by atoms with E-state index >= 15 is 0 Å². The van der Waals surface area contributed by atoms with Gasteiger partial charge in [-0.15, -0.1) is 4.98 Å². The Morgan fingerprint density at radius 3 is 1.86 bits per heavy atom. The molecule has 2 rings (SSSR count). The number of benzene rings is 1. The van der Waals surface area contributed by atoms with Crippen LogP contribution in [-0.4, -0.2) is 37.6 Å². The summed E-state index contributed by atoms with van der Waals surface area (Å²) in [4.78, 5) is 10.8. The summed E-state index contributed by atoms with van der Waals surface area (Å²) in [6, 6.07) is 9.31. The van der Waals surface area contributed by atoms with Crippen LogP contribution in [0, 0.1) is 0 Å². The highest BCUT2D eigenvalue weighted by molar-refractivity contribution is 7.61. The fourth-order valence-corrected chi connectivity index (χ4v) is 1.39. The maximum Gasteiger partial charge on any atom is 0.324 e. The zero-order valence-corrected chi connectivity index (χ0v) is 12.7. The van der Waals surface area contributed by atoms with Gasteiger partial charge >= 0.3 is 22.5 Å². The van der Waals surface area contributed by atoms with Crippen molar-refractivity contribution >= 4 is 28.0 Å². The normalized spacial score (nSPS) is 9.10. The van der Waals surface area contributed by atoms with E-state index in [1.165, 1.54) is 14.2 Å². The molecule has 0 unspecified atom stereocenters. The second kappa shape index (κ2) is 8.82. The monoisotopic (exact) mass is 330 g/mol. The molecule has 21 heavy (non-hydrogen) atoms. The van der Waals surface area contributed by atoms with Gasteiger partial charge in [0.15, 0.2) is 0 Å². The SMILES string of the molecule is COc1nc(N=S(=O)=O)nc(OC)n1.Clc1ccccc1. The molecule has 10 heteroatoms. The van der Waals surface area contributed by atoms with E-state index in [2.05, 4.69) is 28.8 Å². The molecule has 0 N–H and O–H groups in total. The van der Waals surface area contributed by atoms with E-state index in [0.29, 0.717) is 0 Å². The number of nitrogens with zero attached hydrogens (tertiary/aromatic N) is 4. The van der Waals surface area contributed by atoms with E-state index in [0.717, 1.165) is 5.02 Å². The predicted octanol–water partition coefficient (Wildman–Crippen LogP) is 1.92. The van der Waals surface area contributed by atoms with Crippen LogP contribution in [0.5, 0.6) is 12.0 Å². The van der Waals surface area contributed by atoms with Crippen LogP contribution in [0.15, 0.2) is 34.7 Å². The number of hydrogen-bond acceptors (Lipinski definition) is 8. The van der Waals surface area contributed by atoms with Gasteiger partial charge in [-0.1, -0.05) is 34.2 Å². The molecule has 0 aliphatic rings. The second-order valence-electron chi connectivity index (χ2n) is 3.21. The van der Waals surface area contributed by atoms with Crippen molar-refractivity contribution in [1.29, 1.82) is 0 Å². The Labute approximate surface area is 127 Å². The van der Waals surface area contributed by atoms with Crippen molar-refractivity contribution in [3.63, 3.8) is 0 Å². The fourth-order valence-electron chi connectivity index (χ4n) is 1.03. The number of ether oxygens (including phenoxy) is 2. The van der Waals surface area contributed by atoms with Gasteiger partial charge < -0.3 is 9.47 Å². The third-order valence-electron chi connectivity index (χ3n) is 1.84. The van der Waals surface area contributed by atoms with Crippen molar-refractivity contribution in [2.24, 2.45) is 4.36 Å². The number of aromatic nitrogens is 3. The molecule has 0 amide bonds. The Hall–Kier alpha value is -2.26. The molecular weight excluding hydrogens is 320 g/mol. The molecule has 1 aromatic heterocycles. The molecule has 0 fully saturated rings. The molecular formula is C11H11ClN4O4S. The zero-order valence-electron chi connectivity index (χ0n) is 11.1. The Morgan fingerprint density at radius 2 is 1.52 bits per heavy atom. The van der Waals surface area contributed by atoms with Crippen LogP contribution in [0.2, 0.25) is 5.02 Å². The minimum absolute atomic E-state index is 0.0685. The van der Waals surface area contributed by atoms with Gasteiger partial charge in [0.25, 0.3) is 5.95 Å². The molecule has 0 bridgehead atoms. The summed E-state index contributed by atoms with van der Waals surface area (Å²) in [5.41, 5.74) is 0. The van der Waals surface area contributed by atoms with Gasteiger partial charge in [-0.25, -0.2) is 0 Å². The second-order valence-corrected chi connectivity index (χ2v) is 4.27. The van der Waals surface area contributed by atoms with E-state index < -0.39 is 10.5 Å². The van der Waals surface area contributed by atoms with Gasteiger partial charge in [0.1, 0.15) is 0 Å². The topological polar surface area (TPSA) is 104 Å². The Kier molecular flexibility index (Phi) is 7.05. The first-order valence-electron chi connectivity index (χ1n) is 5.41. The highest BCUT2D eigenvalue weighted by atomic mass is 35.5. The van der Waals surface area contributed by atoms with Gasteiger partial charge in [-0.2, -0.15) is 18.4 Å². The summed E-state index contributed by atoms with van der Waals surface area (Å²) in [5, 5.41) is 0.794. The van der Waals surface area contributed by atoms with Crippen molar-refractivity contribution in [1.82, 2.24) is 15.0 Å². The molecule has 0 radical (unpaired) electrons. The number of hydrogen-bond donors (Lipinski definition) is 0. The first-order chi connectivity index (χ1) is 10.0. The van der Waals surface area contributed by atoms with E-state index in [-0.39, 0.29) is 18.0 Å². The zero-order chi connectivity index (χ0) is 15.7. The van der Waals surface area contributed by atoms with Crippen LogP contribution >= 0.6 is 11.6 Å². The molecule has 0 aliphatic heterocycles. The van der Waals surface area contributed by atoms with Crippen molar-refractivity contribution in [2.75, 3.05) is 14.2 Å². The van der Waals surface area contributed by atoms with Gasteiger partial charge in [0.05, 0.1) is 14.2 Å². The maximum absolute atomic E-state index is 10.2. The average Bonchev–Trinajstić information content (AvgIpc) is 2.47. The predicted molar refractivity (Wildman–Crippen MR) is 75.4 cm³/mol. The van der Waals surface area contributed by atoms with Gasteiger partial charge in [0.2, 0.25) is 0 Å². The average molecular weight is 331 g/mol. The highest BCUT2D eigenvalue weighted by Crippen LogP contribution is 2.13. The lowest BCUT2D eigenvalue weighted by molar-refractivity contribution is 0.341. The number of rotatable bonds is 3. The molecule has 0 saturated carbocycles. The summed E-state index contributed by atoms with van der Waals surface area (Å²) in [5.74, 6) is -0.290. The largest absolute Gasteiger partial charge is 0.467 e. The Balaban J connectivity index is 0.000000262. The summed E-state index contributed by atoms with van der Waals surface area (Å²) >= 11 is 5.54.